The third-order valence-corrected chi connectivity index (χ3v) is 7.71. The van der Waals surface area contributed by atoms with E-state index in [1.807, 2.05) is 0 Å². The Morgan fingerprint density at radius 2 is 1.63 bits per heavy atom. The van der Waals surface area contributed by atoms with Gasteiger partial charge in [-0.25, -0.2) is 0 Å². The van der Waals surface area contributed by atoms with Crippen molar-refractivity contribution in [2.45, 2.75) is 37.7 Å². The summed E-state index contributed by atoms with van der Waals surface area (Å²) in [6.07, 6.45) is 2.59. The molecular formula is C10H25NO6P2. The first-order valence-electron chi connectivity index (χ1n) is 6.22. The average molecular weight is 317 g/mol. The third-order valence-electron chi connectivity index (χ3n) is 3.10. The molecule has 0 aromatic carbocycles. The predicted molar refractivity (Wildman–Crippen MR) is 74.4 cm³/mol. The second-order valence-corrected chi connectivity index (χ2v) is 9.64. The van der Waals surface area contributed by atoms with Crippen LogP contribution < -0.4 is 0 Å². The quantitative estimate of drug-likeness (QED) is 0.373. The Kier molecular flexibility index (Phi) is 7.42. The largest absolute Gasteiger partial charge is 0.369 e. The van der Waals surface area contributed by atoms with Crippen molar-refractivity contribution in [2.24, 2.45) is 0 Å². The summed E-state index contributed by atoms with van der Waals surface area (Å²) in [4.78, 5) is 29.4. The fourth-order valence-corrected chi connectivity index (χ4v) is 4.52. The summed E-state index contributed by atoms with van der Waals surface area (Å²) in [7, 11) is -7.67. The van der Waals surface area contributed by atoms with Crippen molar-refractivity contribution < 1.29 is 28.9 Å². The number of hydrogen-bond acceptors (Lipinski definition) is 4. The van der Waals surface area contributed by atoms with Crippen LogP contribution in [0.1, 0.15) is 32.6 Å². The number of rotatable bonds is 9. The Labute approximate surface area is 114 Å². The topological polar surface area (TPSA) is 118 Å². The Bertz CT molecular complexity index is 341. The molecule has 0 spiro atoms. The van der Waals surface area contributed by atoms with Crippen molar-refractivity contribution in [3.8, 4) is 0 Å². The summed E-state index contributed by atoms with van der Waals surface area (Å²) >= 11 is 0. The van der Waals surface area contributed by atoms with E-state index < -0.39 is 26.5 Å². The lowest BCUT2D eigenvalue weighted by Gasteiger charge is -2.32. The molecule has 19 heavy (non-hydrogen) atoms. The molecule has 0 aromatic heterocycles. The molecule has 9 heteroatoms. The Morgan fingerprint density at radius 1 is 1.11 bits per heavy atom. The van der Waals surface area contributed by atoms with E-state index in [-0.39, 0.29) is 6.54 Å². The van der Waals surface area contributed by atoms with Gasteiger partial charge in [0, 0.05) is 19.6 Å². The number of unbranched alkanes of at least 4 members (excludes halogenated alkanes) is 2. The lowest BCUT2D eigenvalue weighted by molar-refractivity contribution is 0.128. The van der Waals surface area contributed by atoms with Gasteiger partial charge in [0.2, 0.25) is 12.5 Å². The second kappa shape index (κ2) is 7.32. The molecule has 7 nitrogen and oxygen atoms in total. The zero-order valence-corrected chi connectivity index (χ0v) is 13.5. The van der Waals surface area contributed by atoms with Crippen LogP contribution in [0.2, 0.25) is 0 Å². The molecule has 0 radical (unpaired) electrons. The van der Waals surface area contributed by atoms with Crippen molar-refractivity contribution in [1.29, 1.82) is 0 Å². The zero-order chi connectivity index (χ0) is 15.3. The van der Waals surface area contributed by atoms with Crippen LogP contribution in [0.4, 0.5) is 0 Å². The van der Waals surface area contributed by atoms with Gasteiger partial charge in [0.05, 0.1) is 0 Å². The Morgan fingerprint density at radius 3 is 2.00 bits per heavy atom. The fourth-order valence-electron chi connectivity index (χ4n) is 1.68. The molecule has 2 unspecified atom stereocenters. The van der Waals surface area contributed by atoms with Crippen LogP contribution >= 0.6 is 15.0 Å². The summed E-state index contributed by atoms with van der Waals surface area (Å²) in [5.41, 5.74) is 0. The highest BCUT2D eigenvalue weighted by Crippen LogP contribution is 2.69. The van der Waals surface area contributed by atoms with Gasteiger partial charge in [-0.2, -0.15) is 0 Å². The molecular weight excluding hydrogens is 292 g/mol. The lowest BCUT2D eigenvalue weighted by atomic mass is 10.2. The van der Waals surface area contributed by atoms with Crippen molar-refractivity contribution in [3.05, 3.63) is 0 Å². The highest BCUT2D eigenvalue weighted by atomic mass is 31.2. The summed E-state index contributed by atoms with van der Waals surface area (Å²) < 4.78 is 22.8. The number of aliphatic hydroxyl groups is 1. The van der Waals surface area contributed by atoms with E-state index in [0.717, 1.165) is 25.9 Å². The van der Waals surface area contributed by atoms with Gasteiger partial charge in [-0.15, -0.1) is 0 Å². The lowest BCUT2D eigenvalue weighted by Crippen LogP contribution is -2.34. The monoisotopic (exact) mass is 317 g/mol. The van der Waals surface area contributed by atoms with E-state index in [9.17, 15) is 19.1 Å². The zero-order valence-electron chi connectivity index (χ0n) is 11.7. The third kappa shape index (κ3) is 5.64. The first kappa shape index (κ1) is 19.3. The minimum atomic E-state index is -5.08. The van der Waals surface area contributed by atoms with Gasteiger partial charge in [-0.05, 0) is 20.0 Å². The van der Waals surface area contributed by atoms with E-state index >= 15 is 0 Å². The van der Waals surface area contributed by atoms with Crippen LogP contribution in [0, 0.1) is 0 Å². The molecule has 0 rings (SSSR count). The van der Waals surface area contributed by atoms with Gasteiger partial charge in [-0.3, -0.25) is 9.13 Å². The molecule has 0 aliphatic carbocycles. The predicted octanol–water partition coefficient (Wildman–Crippen LogP) is 1.22. The van der Waals surface area contributed by atoms with E-state index in [4.69, 9.17) is 9.79 Å². The van der Waals surface area contributed by atoms with Gasteiger partial charge in [0.15, 0.2) is 0 Å². The molecule has 0 aliphatic heterocycles. The molecule has 0 heterocycles. The van der Waals surface area contributed by atoms with Gasteiger partial charge in [0.25, 0.3) is 0 Å². The summed E-state index contributed by atoms with van der Waals surface area (Å²) in [5, 5.41) is 7.04. The molecule has 0 bridgehead atoms. The smallest absolute Gasteiger partial charge is 0.366 e. The molecule has 0 aliphatic rings. The van der Waals surface area contributed by atoms with Crippen LogP contribution in [0.3, 0.4) is 0 Å². The molecule has 116 valence electrons. The summed E-state index contributed by atoms with van der Waals surface area (Å²) in [6, 6.07) is 0. The van der Waals surface area contributed by atoms with Crippen molar-refractivity contribution in [1.82, 2.24) is 4.90 Å². The molecule has 2 atom stereocenters. The second-order valence-electron chi connectivity index (χ2n) is 4.96. The first-order valence-corrected chi connectivity index (χ1v) is 9.94. The molecule has 0 saturated heterocycles. The van der Waals surface area contributed by atoms with Gasteiger partial charge in [0.1, 0.15) is 0 Å². The van der Waals surface area contributed by atoms with Crippen LogP contribution in [0.5, 0.6) is 0 Å². The van der Waals surface area contributed by atoms with E-state index in [0.29, 0.717) is 6.54 Å². The molecule has 0 aromatic rings. The van der Waals surface area contributed by atoms with Gasteiger partial charge < -0.3 is 24.7 Å². The van der Waals surface area contributed by atoms with Crippen LogP contribution in [-0.2, 0) is 9.13 Å². The fraction of sp³-hybridized carbons (Fsp3) is 1.00. The maximum Gasteiger partial charge on any atom is 0.366 e. The van der Waals surface area contributed by atoms with Crippen LogP contribution in [-0.4, -0.2) is 56.6 Å². The molecule has 0 saturated carbocycles. The molecule has 0 amide bonds. The minimum Gasteiger partial charge on any atom is -0.369 e. The average Bonchev–Trinajstić information content (AvgIpc) is 2.23. The van der Waals surface area contributed by atoms with Crippen molar-refractivity contribution in [2.75, 3.05) is 26.8 Å². The van der Waals surface area contributed by atoms with E-state index in [1.54, 1.807) is 11.9 Å². The maximum atomic E-state index is 11.6. The van der Waals surface area contributed by atoms with Crippen LogP contribution in [0.25, 0.3) is 0 Å². The number of nitrogens with zero attached hydrogens (tertiary/aromatic N) is 1. The minimum absolute atomic E-state index is 0.143. The number of hydrogen-bond donors (Lipinski definition) is 4. The molecule has 4 N–H and O–H groups in total. The van der Waals surface area contributed by atoms with Gasteiger partial charge in [-0.1, -0.05) is 19.8 Å². The normalized spacial score (nSPS) is 19.2. The summed E-state index contributed by atoms with van der Waals surface area (Å²) in [5.74, 6) is 0. The first-order chi connectivity index (χ1) is 8.45. The van der Waals surface area contributed by atoms with Crippen molar-refractivity contribution in [3.63, 3.8) is 0 Å². The highest BCUT2D eigenvalue weighted by molar-refractivity contribution is 7.74. The SMILES string of the molecule is CCCCCN(C)CCC(O)(P(C)(=O)O)P(=O)(O)O. The Balaban J connectivity index is 4.63. The van der Waals surface area contributed by atoms with Gasteiger partial charge >= 0.3 is 7.60 Å². The maximum absolute atomic E-state index is 11.6. The molecule has 0 fully saturated rings. The summed E-state index contributed by atoms with van der Waals surface area (Å²) in [6.45, 7) is 3.68. The highest BCUT2D eigenvalue weighted by Gasteiger charge is 2.56. The van der Waals surface area contributed by atoms with E-state index in [2.05, 4.69) is 6.92 Å². The standard InChI is InChI=1S/C10H25NO6P2/c1-4-5-6-8-11(2)9-7-10(12,18(3,13)14)19(15,16)17/h12H,4-9H2,1-3H3,(H,13,14)(H2,15,16,17). The Hall–Kier alpha value is 0.260. The van der Waals surface area contributed by atoms with Crippen LogP contribution in [0.15, 0.2) is 0 Å². The van der Waals surface area contributed by atoms with E-state index in [1.165, 1.54) is 0 Å². The van der Waals surface area contributed by atoms with Crippen molar-refractivity contribution >= 4 is 15.0 Å².